The van der Waals surface area contributed by atoms with Gasteiger partial charge in [0.25, 0.3) is 0 Å². The molecule has 0 aliphatic rings. The van der Waals surface area contributed by atoms with Crippen molar-refractivity contribution in [1.29, 1.82) is 0 Å². The summed E-state index contributed by atoms with van der Waals surface area (Å²) in [5, 5.41) is 24.9. The minimum atomic E-state index is -0.413. The average Bonchev–Trinajstić information content (AvgIpc) is 1.99. The Bertz CT molecular complexity index is 79.3. The molecule has 0 unspecified atom stereocenters. The van der Waals surface area contributed by atoms with E-state index in [0.717, 1.165) is 0 Å². The second kappa shape index (κ2) is 6.03. The summed E-state index contributed by atoms with van der Waals surface area (Å²) in [6.07, 6.45) is 0. The number of rotatable bonds is 5. The molecule has 0 bridgehead atoms. The van der Waals surface area contributed by atoms with E-state index in [1.807, 2.05) is 0 Å². The molecule has 2 radical (unpaired) electrons. The van der Waals surface area contributed by atoms with Gasteiger partial charge in [-0.3, -0.25) is 0 Å². The first kappa shape index (κ1) is 10.3. The van der Waals surface area contributed by atoms with Crippen LogP contribution in [0.5, 0.6) is 0 Å². The molecule has 0 rings (SSSR count). The number of hydrogen-bond acceptors (Lipinski definition) is 4. The van der Waals surface area contributed by atoms with Crippen molar-refractivity contribution in [2.24, 2.45) is 0 Å². The van der Waals surface area contributed by atoms with Crippen LogP contribution in [-0.2, 0) is 0 Å². The van der Waals surface area contributed by atoms with Gasteiger partial charge in [0.2, 0.25) is 0 Å². The van der Waals surface area contributed by atoms with E-state index in [-0.39, 0.29) is 25.1 Å². The molecule has 3 N–H and O–H groups in total. The molecule has 0 fully saturated rings. The first-order valence-electron chi connectivity index (χ1n) is 2.98. The van der Waals surface area contributed by atoms with Crippen LogP contribution in [0.25, 0.3) is 0 Å². The zero-order valence-corrected chi connectivity index (χ0v) is 6.42. The smallest absolute Gasteiger partial charge is 0.0878 e. The molecule has 1 atom stereocenters. The van der Waals surface area contributed by atoms with Crippen LogP contribution in [0.1, 0.15) is 0 Å². The monoisotopic (exact) mass is 162 g/mol. The number of aliphatic hydroxyl groups excluding tert-OH is 3. The highest BCUT2D eigenvalue weighted by Gasteiger charge is 2.09. The van der Waals surface area contributed by atoms with Crippen LogP contribution in [0.2, 0.25) is 0 Å². The lowest BCUT2D eigenvalue weighted by Gasteiger charge is -2.14. The summed E-state index contributed by atoms with van der Waals surface area (Å²) in [6.45, 7) is -0.370. The molecule has 0 saturated carbocycles. The SMILES string of the molecule is [B][C@@H](CO)SC(CO)CO. The molecule has 0 aliphatic heterocycles. The van der Waals surface area contributed by atoms with E-state index in [0.29, 0.717) is 0 Å². The van der Waals surface area contributed by atoms with Crippen molar-refractivity contribution in [3.05, 3.63) is 0 Å². The molecule has 0 spiro atoms. The zero-order valence-electron chi connectivity index (χ0n) is 5.60. The largest absolute Gasteiger partial charge is 0.396 e. The van der Waals surface area contributed by atoms with Crippen molar-refractivity contribution >= 4 is 19.6 Å². The first-order valence-corrected chi connectivity index (χ1v) is 3.92. The summed E-state index contributed by atoms with van der Waals surface area (Å²) >= 11 is 1.17. The molecule has 0 aromatic heterocycles. The van der Waals surface area contributed by atoms with Gasteiger partial charge in [-0.25, -0.2) is 0 Å². The lowest BCUT2D eigenvalue weighted by atomic mass is 10.1. The molecule has 0 heterocycles. The van der Waals surface area contributed by atoms with Gasteiger partial charge in [0.15, 0.2) is 0 Å². The van der Waals surface area contributed by atoms with Gasteiger partial charge in [0, 0.05) is 6.61 Å². The Balaban J connectivity index is 3.41. The number of thioether (sulfide) groups is 1. The van der Waals surface area contributed by atoms with E-state index in [9.17, 15) is 0 Å². The second-order valence-electron chi connectivity index (χ2n) is 1.84. The topological polar surface area (TPSA) is 60.7 Å². The van der Waals surface area contributed by atoms with E-state index in [1.54, 1.807) is 0 Å². The van der Waals surface area contributed by atoms with Crippen LogP contribution < -0.4 is 0 Å². The quantitative estimate of drug-likeness (QED) is 0.433. The highest BCUT2D eigenvalue weighted by atomic mass is 32.2. The molecule has 0 amide bonds. The highest BCUT2D eigenvalue weighted by molar-refractivity contribution is 8.01. The summed E-state index contributed by atoms with van der Waals surface area (Å²) in [4.78, 5) is 0. The predicted octanol–water partition coefficient (Wildman–Crippen LogP) is -1.44. The van der Waals surface area contributed by atoms with Crippen LogP contribution in [-0.4, -0.2) is 53.4 Å². The molecule has 5 heteroatoms. The van der Waals surface area contributed by atoms with Gasteiger partial charge in [0.1, 0.15) is 0 Å². The third kappa shape index (κ3) is 4.16. The van der Waals surface area contributed by atoms with E-state index >= 15 is 0 Å². The molecule has 58 valence electrons. The van der Waals surface area contributed by atoms with Gasteiger partial charge in [-0.15, -0.1) is 0 Å². The van der Waals surface area contributed by atoms with Crippen molar-refractivity contribution < 1.29 is 15.3 Å². The van der Waals surface area contributed by atoms with Gasteiger partial charge in [-0.05, 0) is 5.15 Å². The standard InChI is InChI=1S/C5H11BO3S/c6-5(3-9)10-4(1-7)2-8/h4-5,7-9H,1-3H2/t5-/m1/s1. The molecule has 3 nitrogen and oxygen atoms in total. The van der Waals surface area contributed by atoms with Gasteiger partial charge < -0.3 is 15.3 Å². The normalized spacial score (nSPS) is 14.0. The van der Waals surface area contributed by atoms with E-state index in [1.165, 1.54) is 11.8 Å². The van der Waals surface area contributed by atoms with Crippen molar-refractivity contribution in [2.45, 2.75) is 10.4 Å². The lowest BCUT2D eigenvalue weighted by Crippen LogP contribution is -2.20. The van der Waals surface area contributed by atoms with Crippen LogP contribution >= 0.6 is 11.8 Å². The molecular weight excluding hydrogens is 151 g/mol. The van der Waals surface area contributed by atoms with Crippen LogP contribution in [0, 0.1) is 0 Å². The Morgan fingerprint density at radius 3 is 1.90 bits per heavy atom. The fraction of sp³-hybridized carbons (Fsp3) is 1.00. The zero-order chi connectivity index (χ0) is 7.98. The van der Waals surface area contributed by atoms with Gasteiger partial charge >= 0.3 is 0 Å². The van der Waals surface area contributed by atoms with Crippen molar-refractivity contribution in [3.8, 4) is 0 Å². The third-order valence-corrected chi connectivity index (χ3v) is 2.14. The third-order valence-electron chi connectivity index (χ3n) is 0.954. The maximum Gasteiger partial charge on any atom is 0.0878 e. The molecule has 0 aromatic rings. The van der Waals surface area contributed by atoms with Crippen molar-refractivity contribution in [1.82, 2.24) is 0 Å². The minimum absolute atomic E-state index is 0.116. The molecule has 0 saturated heterocycles. The Morgan fingerprint density at radius 1 is 1.10 bits per heavy atom. The first-order chi connectivity index (χ1) is 4.74. The molecular formula is C5H11BO3S. The second-order valence-corrected chi connectivity index (χ2v) is 3.39. The van der Waals surface area contributed by atoms with Crippen LogP contribution in [0.4, 0.5) is 0 Å². The summed E-state index contributed by atoms with van der Waals surface area (Å²) in [5.41, 5.74) is 0. The summed E-state index contributed by atoms with van der Waals surface area (Å²) < 4.78 is 0. The molecule has 10 heavy (non-hydrogen) atoms. The Morgan fingerprint density at radius 2 is 1.60 bits per heavy atom. The van der Waals surface area contributed by atoms with Gasteiger partial charge in [-0.1, -0.05) is 0 Å². The summed E-state index contributed by atoms with van der Waals surface area (Å²) in [6, 6.07) is 0. The van der Waals surface area contributed by atoms with Crippen molar-refractivity contribution in [2.75, 3.05) is 19.8 Å². The maximum absolute atomic E-state index is 8.55. The highest BCUT2D eigenvalue weighted by Crippen LogP contribution is 2.13. The van der Waals surface area contributed by atoms with Crippen LogP contribution in [0.15, 0.2) is 0 Å². The van der Waals surface area contributed by atoms with E-state index < -0.39 is 5.15 Å². The number of aliphatic hydroxyl groups is 3. The van der Waals surface area contributed by atoms with Crippen LogP contribution in [0.3, 0.4) is 0 Å². The molecule has 0 aromatic carbocycles. The Labute approximate surface area is 65.9 Å². The fourth-order valence-corrected chi connectivity index (χ4v) is 1.19. The van der Waals surface area contributed by atoms with Gasteiger partial charge in [0.05, 0.1) is 26.3 Å². The average molecular weight is 162 g/mol. The summed E-state index contributed by atoms with van der Waals surface area (Å²) in [5.74, 6) is 0. The predicted molar refractivity (Wildman–Crippen MR) is 42.2 cm³/mol. The summed E-state index contributed by atoms with van der Waals surface area (Å²) in [7, 11) is 5.32. The Hall–Kier alpha value is 0.295. The number of hydrogen-bond donors (Lipinski definition) is 3. The Kier molecular flexibility index (Phi) is 6.21. The van der Waals surface area contributed by atoms with Crippen molar-refractivity contribution in [3.63, 3.8) is 0 Å². The van der Waals surface area contributed by atoms with E-state index in [2.05, 4.69) is 0 Å². The lowest BCUT2D eigenvalue weighted by molar-refractivity contribution is 0.228. The minimum Gasteiger partial charge on any atom is -0.396 e. The van der Waals surface area contributed by atoms with E-state index in [4.69, 9.17) is 23.2 Å². The van der Waals surface area contributed by atoms with Gasteiger partial charge in [-0.2, -0.15) is 11.8 Å². The maximum atomic E-state index is 8.55. The molecule has 0 aliphatic carbocycles. The fourth-order valence-electron chi connectivity index (χ4n) is 0.434.